The minimum atomic E-state index is -0.188. The van der Waals surface area contributed by atoms with Crippen molar-refractivity contribution in [2.24, 2.45) is 0 Å². The monoisotopic (exact) mass is 248 g/mol. The van der Waals surface area contributed by atoms with Gasteiger partial charge in [-0.1, -0.05) is 0 Å². The Kier molecular flexibility index (Phi) is 4.40. The first kappa shape index (κ1) is 12.2. The second-order valence-electron chi connectivity index (χ2n) is 3.81. The Morgan fingerprint density at radius 1 is 1.39 bits per heavy atom. The van der Waals surface area contributed by atoms with Gasteiger partial charge in [-0.25, -0.2) is 4.79 Å². The van der Waals surface area contributed by atoms with Crippen LogP contribution in [-0.4, -0.2) is 22.4 Å². The summed E-state index contributed by atoms with van der Waals surface area (Å²) in [6.07, 6.45) is 6.06. The number of carbonyl (C=O) groups excluding carboxylic acids is 1. The molecular weight excluding hydrogens is 232 g/mol. The molecule has 6 nitrogen and oxygen atoms in total. The van der Waals surface area contributed by atoms with Gasteiger partial charge in [-0.05, 0) is 24.6 Å². The second kappa shape index (κ2) is 6.48. The molecule has 2 N–H and O–H groups in total. The maximum Gasteiger partial charge on any atom is 0.315 e. The summed E-state index contributed by atoms with van der Waals surface area (Å²) in [5, 5.41) is 9.57. The molecule has 0 saturated heterocycles. The lowest BCUT2D eigenvalue weighted by Crippen LogP contribution is -2.35. The van der Waals surface area contributed by atoms with E-state index in [0.717, 1.165) is 18.7 Å². The summed E-state index contributed by atoms with van der Waals surface area (Å²) in [7, 11) is 0. The number of hydrogen-bond donors (Lipinski definition) is 2. The number of nitrogens with one attached hydrogen (secondary N) is 2. The standard InChI is InChI=1S/C12H16N4O2/c17-12(14-10-11-4-1-9-18-11)13-5-2-7-16-8-3-6-15-16/h1,3-4,6,8-9H,2,5,7,10H2,(H2,13,14,17). The first-order valence-electron chi connectivity index (χ1n) is 5.86. The van der Waals surface area contributed by atoms with Crippen LogP contribution in [0.1, 0.15) is 12.2 Å². The highest BCUT2D eigenvalue weighted by Gasteiger charge is 2.01. The average Bonchev–Trinajstić information content (AvgIpc) is 3.04. The number of urea groups is 1. The lowest BCUT2D eigenvalue weighted by atomic mass is 10.4. The Balaban J connectivity index is 1.55. The van der Waals surface area contributed by atoms with Crippen LogP contribution >= 0.6 is 0 Å². The molecule has 18 heavy (non-hydrogen) atoms. The van der Waals surface area contributed by atoms with Crippen molar-refractivity contribution in [3.8, 4) is 0 Å². The van der Waals surface area contributed by atoms with Gasteiger partial charge in [0.1, 0.15) is 5.76 Å². The first-order chi connectivity index (χ1) is 8.84. The van der Waals surface area contributed by atoms with Crippen LogP contribution in [0, 0.1) is 0 Å². The molecule has 0 aliphatic rings. The van der Waals surface area contributed by atoms with E-state index in [2.05, 4.69) is 15.7 Å². The number of hydrogen-bond acceptors (Lipinski definition) is 3. The summed E-state index contributed by atoms with van der Waals surface area (Å²) < 4.78 is 6.94. The highest BCUT2D eigenvalue weighted by atomic mass is 16.3. The normalized spacial score (nSPS) is 10.2. The molecule has 6 heteroatoms. The molecule has 0 atom stereocenters. The van der Waals surface area contributed by atoms with Gasteiger partial charge in [0.25, 0.3) is 0 Å². The molecule has 0 radical (unpaired) electrons. The van der Waals surface area contributed by atoms with Crippen molar-refractivity contribution in [3.63, 3.8) is 0 Å². The third-order valence-corrected chi connectivity index (χ3v) is 2.41. The fourth-order valence-corrected chi connectivity index (χ4v) is 1.52. The third kappa shape index (κ3) is 3.97. The molecule has 0 bridgehead atoms. The smallest absolute Gasteiger partial charge is 0.315 e. The fourth-order valence-electron chi connectivity index (χ4n) is 1.52. The summed E-state index contributed by atoms with van der Waals surface area (Å²) in [4.78, 5) is 11.4. The van der Waals surface area contributed by atoms with Gasteiger partial charge in [0.15, 0.2) is 0 Å². The molecule has 2 aromatic heterocycles. The maximum absolute atomic E-state index is 11.4. The second-order valence-corrected chi connectivity index (χ2v) is 3.81. The molecule has 96 valence electrons. The van der Waals surface area contributed by atoms with Crippen molar-refractivity contribution in [2.75, 3.05) is 6.54 Å². The van der Waals surface area contributed by atoms with Crippen LogP contribution in [0.4, 0.5) is 4.79 Å². The molecule has 0 aliphatic heterocycles. The van der Waals surface area contributed by atoms with E-state index in [-0.39, 0.29) is 6.03 Å². The van der Waals surface area contributed by atoms with Crippen LogP contribution in [0.25, 0.3) is 0 Å². The van der Waals surface area contributed by atoms with Gasteiger partial charge >= 0.3 is 6.03 Å². The molecule has 2 heterocycles. The van der Waals surface area contributed by atoms with Gasteiger partial charge in [-0.15, -0.1) is 0 Å². The Hall–Kier alpha value is -2.24. The predicted molar refractivity (Wildman–Crippen MR) is 65.8 cm³/mol. The highest BCUT2D eigenvalue weighted by Crippen LogP contribution is 1.98. The lowest BCUT2D eigenvalue weighted by Gasteiger charge is -2.06. The molecular formula is C12H16N4O2. The van der Waals surface area contributed by atoms with Crippen molar-refractivity contribution in [1.29, 1.82) is 0 Å². The van der Waals surface area contributed by atoms with Gasteiger partial charge in [-0.3, -0.25) is 4.68 Å². The number of rotatable bonds is 6. The van der Waals surface area contributed by atoms with Crippen LogP contribution in [-0.2, 0) is 13.1 Å². The zero-order chi connectivity index (χ0) is 12.6. The summed E-state index contributed by atoms with van der Waals surface area (Å²) in [6, 6.07) is 5.30. The molecule has 0 spiro atoms. The van der Waals surface area contributed by atoms with E-state index in [1.165, 1.54) is 0 Å². The topological polar surface area (TPSA) is 72.1 Å². The molecule has 2 amide bonds. The number of carbonyl (C=O) groups is 1. The summed E-state index contributed by atoms with van der Waals surface area (Å²) in [6.45, 7) is 1.81. The molecule has 2 rings (SSSR count). The van der Waals surface area contributed by atoms with E-state index in [9.17, 15) is 4.79 Å². The maximum atomic E-state index is 11.4. The number of nitrogens with zero attached hydrogens (tertiary/aromatic N) is 2. The molecule has 2 aromatic rings. The molecule has 0 aliphatic carbocycles. The van der Waals surface area contributed by atoms with E-state index >= 15 is 0 Å². The van der Waals surface area contributed by atoms with Gasteiger partial charge in [0.2, 0.25) is 0 Å². The fraction of sp³-hybridized carbons (Fsp3) is 0.333. The Morgan fingerprint density at radius 3 is 3.06 bits per heavy atom. The molecule has 0 unspecified atom stereocenters. The van der Waals surface area contributed by atoms with Crippen molar-refractivity contribution in [3.05, 3.63) is 42.6 Å². The lowest BCUT2D eigenvalue weighted by molar-refractivity contribution is 0.239. The summed E-state index contributed by atoms with van der Waals surface area (Å²) in [5.74, 6) is 0.738. The van der Waals surface area contributed by atoms with Crippen molar-refractivity contribution >= 4 is 6.03 Å². The molecule has 0 aromatic carbocycles. The van der Waals surface area contributed by atoms with Crippen LogP contribution < -0.4 is 10.6 Å². The van der Waals surface area contributed by atoms with Crippen LogP contribution in [0.15, 0.2) is 41.3 Å². The highest BCUT2D eigenvalue weighted by molar-refractivity contribution is 5.73. The zero-order valence-corrected chi connectivity index (χ0v) is 10.0. The van der Waals surface area contributed by atoms with Crippen molar-refractivity contribution in [2.45, 2.75) is 19.5 Å². The van der Waals surface area contributed by atoms with Crippen molar-refractivity contribution in [1.82, 2.24) is 20.4 Å². The Labute approximate surface area is 105 Å². The van der Waals surface area contributed by atoms with Crippen LogP contribution in [0.2, 0.25) is 0 Å². The van der Waals surface area contributed by atoms with Gasteiger partial charge in [0.05, 0.1) is 12.8 Å². The van der Waals surface area contributed by atoms with Gasteiger partial charge in [0, 0.05) is 25.5 Å². The third-order valence-electron chi connectivity index (χ3n) is 2.41. The number of aryl methyl sites for hydroxylation is 1. The minimum absolute atomic E-state index is 0.188. The van der Waals surface area contributed by atoms with E-state index in [1.54, 1.807) is 18.5 Å². The summed E-state index contributed by atoms with van der Waals surface area (Å²) >= 11 is 0. The molecule has 0 saturated carbocycles. The van der Waals surface area contributed by atoms with E-state index in [0.29, 0.717) is 13.1 Å². The zero-order valence-electron chi connectivity index (χ0n) is 10.0. The van der Waals surface area contributed by atoms with E-state index in [4.69, 9.17) is 4.42 Å². The van der Waals surface area contributed by atoms with E-state index in [1.807, 2.05) is 23.0 Å². The average molecular weight is 248 g/mol. The summed E-state index contributed by atoms with van der Waals surface area (Å²) in [5.41, 5.74) is 0. The quantitative estimate of drug-likeness (QED) is 0.758. The van der Waals surface area contributed by atoms with Crippen LogP contribution in [0.5, 0.6) is 0 Å². The SMILES string of the molecule is O=C(NCCCn1cccn1)NCc1ccco1. The van der Waals surface area contributed by atoms with Crippen LogP contribution in [0.3, 0.4) is 0 Å². The number of aromatic nitrogens is 2. The Bertz CT molecular complexity index is 450. The number of amides is 2. The van der Waals surface area contributed by atoms with E-state index < -0.39 is 0 Å². The predicted octanol–water partition coefficient (Wildman–Crippen LogP) is 1.37. The molecule has 0 fully saturated rings. The first-order valence-corrected chi connectivity index (χ1v) is 5.86. The van der Waals surface area contributed by atoms with Gasteiger partial charge in [-0.2, -0.15) is 5.10 Å². The number of furan rings is 1. The Morgan fingerprint density at radius 2 is 2.33 bits per heavy atom. The van der Waals surface area contributed by atoms with Gasteiger partial charge < -0.3 is 15.1 Å². The van der Waals surface area contributed by atoms with Crippen molar-refractivity contribution < 1.29 is 9.21 Å². The minimum Gasteiger partial charge on any atom is -0.467 e. The largest absolute Gasteiger partial charge is 0.467 e.